The van der Waals surface area contributed by atoms with E-state index >= 15 is 0 Å². The van der Waals surface area contributed by atoms with Crippen molar-refractivity contribution in [3.8, 4) is 0 Å². The van der Waals surface area contributed by atoms with E-state index in [4.69, 9.17) is 18.9 Å². The summed E-state index contributed by atoms with van der Waals surface area (Å²) >= 11 is 0. The van der Waals surface area contributed by atoms with Crippen LogP contribution in [-0.2, 0) is 18.9 Å². The molecule has 6 rings (SSSR count). The van der Waals surface area contributed by atoms with Gasteiger partial charge in [0.05, 0.1) is 31.0 Å². The van der Waals surface area contributed by atoms with Gasteiger partial charge in [-0.25, -0.2) is 0 Å². The number of aliphatic hydroxyl groups excluding tert-OH is 8. The first-order valence-corrected chi connectivity index (χ1v) is 20.9. The predicted molar refractivity (Wildman–Crippen MR) is 201 cm³/mol. The van der Waals surface area contributed by atoms with Crippen LogP contribution in [0.5, 0.6) is 0 Å². The van der Waals surface area contributed by atoms with E-state index in [-0.39, 0.29) is 39.9 Å². The van der Waals surface area contributed by atoms with Crippen LogP contribution < -0.4 is 0 Å². The highest BCUT2D eigenvalue weighted by atomic mass is 16.8. The molecular formula is C42H72O13. The molecule has 6 aliphatic rings. The van der Waals surface area contributed by atoms with Gasteiger partial charge >= 0.3 is 0 Å². The molecule has 9 N–H and O–H groups in total. The van der Waals surface area contributed by atoms with Crippen molar-refractivity contribution >= 4 is 0 Å². The molecule has 0 aromatic carbocycles. The van der Waals surface area contributed by atoms with Crippen LogP contribution in [0.25, 0.3) is 0 Å². The Morgan fingerprint density at radius 2 is 1.33 bits per heavy atom. The Balaban J connectivity index is 1.23. The van der Waals surface area contributed by atoms with Gasteiger partial charge in [-0.1, -0.05) is 46.3 Å². The largest absolute Gasteiger partial charge is 0.394 e. The van der Waals surface area contributed by atoms with Crippen LogP contribution in [-0.4, -0.2) is 138 Å². The van der Waals surface area contributed by atoms with E-state index in [0.29, 0.717) is 19.3 Å². The standard InChI is InChI=1S/C42H72O13/c1-21(2)10-9-14-42(8,51)22-11-16-41(7)29(22)23(45)18-27-39(5)15-13-28(38(3,4)26(39)12-17-40(27,41)6)54-37-35(33(49)31(47)25(20-44)53-37)55-36-34(50)32(48)30(46)24(19-43)52-36/h10,22-37,43-51H,9,11-20H2,1-8H3/t22-,23+,24-,25-,26-,27+,28-,29-,30-,31-,32+,33+,34-,35-,36+,37+,39-,40+,41+,42-/m0/s1. The van der Waals surface area contributed by atoms with Crippen LogP contribution in [0.15, 0.2) is 11.6 Å². The lowest BCUT2D eigenvalue weighted by molar-refractivity contribution is -0.378. The Morgan fingerprint density at radius 3 is 1.95 bits per heavy atom. The number of aliphatic hydroxyl groups is 9. The molecule has 2 aliphatic heterocycles. The molecule has 0 spiro atoms. The van der Waals surface area contributed by atoms with Crippen molar-refractivity contribution in [2.75, 3.05) is 13.2 Å². The van der Waals surface area contributed by atoms with E-state index in [1.807, 2.05) is 6.92 Å². The fourth-order valence-corrected chi connectivity index (χ4v) is 13.3. The fourth-order valence-electron chi connectivity index (χ4n) is 13.3. The quantitative estimate of drug-likeness (QED) is 0.115. The molecule has 0 bridgehead atoms. The van der Waals surface area contributed by atoms with Gasteiger partial charge in [-0.2, -0.15) is 0 Å². The van der Waals surface area contributed by atoms with Crippen molar-refractivity contribution in [2.24, 2.45) is 45.3 Å². The van der Waals surface area contributed by atoms with Crippen LogP contribution in [0, 0.1) is 45.3 Å². The lowest BCUT2D eigenvalue weighted by Crippen LogP contribution is -2.68. The summed E-state index contributed by atoms with van der Waals surface area (Å²) in [6.07, 6.45) is -6.48. The average molecular weight is 785 g/mol. The Kier molecular flexibility index (Phi) is 12.5. The summed E-state index contributed by atoms with van der Waals surface area (Å²) in [6, 6.07) is 0. The number of hydrogen-bond donors (Lipinski definition) is 9. The number of hydrogen-bond acceptors (Lipinski definition) is 13. The van der Waals surface area contributed by atoms with E-state index in [9.17, 15) is 46.0 Å². The summed E-state index contributed by atoms with van der Waals surface area (Å²) in [7, 11) is 0. The maximum atomic E-state index is 12.2. The van der Waals surface area contributed by atoms with Crippen LogP contribution >= 0.6 is 0 Å². The van der Waals surface area contributed by atoms with Crippen LogP contribution in [0.3, 0.4) is 0 Å². The summed E-state index contributed by atoms with van der Waals surface area (Å²) in [4.78, 5) is 0. The van der Waals surface area contributed by atoms with E-state index in [0.717, 1.165) is 38.5 Å². The SMILES string of the molecule is CC(C)=CCC[C@](C)(O)[C@H]1CC[C@]2(C)[C@@H]1[C@H](O)C[C@@H]1[C@@]3(C)CC[C@H](O[C@H]4O[C@@H](CO)[C@H](O)[C@@H](O)[C@@H]4O[C@H]4O[C@@H](CO)[C@H](O)[C@@H](O)[C@@H]4O)C(C)(C)[C@@H]3CC[C@]12C. The van der Waals surface area contributed by atoms with Gasteiger partial charge in [0.25, 0.3) is 0 Å². The zero-order valence-electron chi connectivity index (χ0n) is 34.3. The van der Waals surface area contributed by atoms with E-state index in [1.54, 1.807) is 0 Å². The number of rotatable bonds is 10. The molecule has 0 amide bonds. The molecule has 0 aromatic heterocycles. The molecule has 2 saturated heterocycles. The molecule has 0 unspecified atom stereocenters. The fraction of sp³-hybridized carbons (Fsp3) is 0.952. The van der Waals surface area contributed by atoms with Crippen molar-refractivity contribution in [3.63, 3.8) is 0 Å². The summed E-state index contributed by atoms with van der Waals surface area (Å²) < 4.78 is 24.4. The monoisotopic (exact) mass is 784 g/mol. The van der Waals surface area contributed by atoms with E-state index < -0.39 is 97.8 Å². The van der Waals surface area contributed by atoms with Gasteiger partial charge in [-0.05, 0) is 124 Å². The van der Waals surface area contributed by atoms with Gasteiger partial charge in [0, 0.05) is 0 Å². The highest BCUT2D eigenvalue weighted by Crippen LogP contribution is 2.76. The second-order valence-corrected chi connectivity index (χ2v) is 20.1. The topological polar surface area (TPSA) is 219 Å². The third-order valence-corrected chi connectivity index (χ3v) is 16.6. The predicted octanol–water partition coefficient (Wildman–Crippen LogP) is 2.15. The third-order valence-electron chi connectivity index (χ3n) is 16.6. The lowest BCUT2D eigenvalue weighted by atomic mass is 9.35. The average Bonchev–Trinajstić information content (AvgIpc) is 3.50. The lowest BCUT2D eigenvalue weighted by Gasteiger charge is -2.70. The second kappa shape index (κ2) is 15.7. The molecule has 2 heterocycles. The Bertz CT molecular complexity index is 1370. The van der Waals surface area contributed by atoms with Gasteiger partial charge in [-0.15, -0.1) is 0 Å². The highest BCUT2D eigenvalue weighted by Gasteiger charge is 2.71. The number of ether oxygens (including phenoxy) is 4. The Morgan fingerprint density at radius 1 is 0.727 bits per heavy atom. The van der Waals surface area contributed by atoms with Gasteiger partial charge in [-0.3, -0.25) is 0 Å². The number of allylic oxidation sites excluding steroid dienone is 2. The molecule has 0 aromatic rings. The maximum Gasteiger partial charge on any atom is 0.187 e. The third kappa shape index (κ3) is 7.20. The minimum atomic E-state index is -1.75. The smallest absolute Gasteiger partial charge is 0.187 e. The summed E-state index contributed by atoms with van der Waals surface area (Å²) in [5.74, 6) is 0.445. The Hall–Kier alpha value is -0.780. The zero-order valence-corrected chi connectivity index (χ0v) is 34.3. The molecular weight excluding hydrogens is 712 g/mol. The summed E-state index contributed by atoms with van der Waals surface area (Å²) in [5, 5.41) is 97.4. The molecule has 0 radical (unpaired) electrons. The van der Waals surface area contributed by atoms with Crippen molar-refractivity contribution in [2.45, 2.75) is 192 Å². The van der Waals surface area contributed by atoms with E-state index in [2.05, 4.69) is 54.5 Å². The number of fused-ring (bicyclic) bond motifs is 5. The van der Waals surface area contributed by atoms with Crippen LogP contribution in [0.4, 0.5) is 0 Å². The molecule has 6 fully saturated rings. The Labute approximate surface area is 327 Å². The maximum absolute atomic E-state index is 12.2. The van der Waals surface area contributed by atoms with Gasteiger partial charge in [0.1, 0.15) is 48.8 Å². The molecule has 4 aliphatic carbocycles. The molecule has 318 valence electrons. The highest BCUT2D eigenvalue weighted by molar-refractivity contribution is 5.20. The van der Waals surface area contributed by atoms with Crippen LogP contribution in [0.2, 0.25) is 0 Å². The van der Waals surface area contributed by atoms with Crippen molar-refractivity contribution < 1.29 is 64.9 Å². The minimum Gasteiger partial charge on any atom is -0.394 e. The summed E-state index contributed by atoms with van der Waals surface area (Å²) in [6.45, 7) is 16.5. The first kappa shape index (κ1) is 43.8. The van der Waals surface area contributed by atoms with Gasteiger partial charge < -0.3 is 64.9 Å². The normalized spacial score (nSPS) is 52.0. The van der Waals surface area contributed by atoms with Crippen LogP contribution in [0.1, 0.15) is 113 Å². The zero-order chi connectivity index (χ0) is 40.6. The molecule has 13 heteroatoms. The molecule has 55 heavy (non-hydrogen) atoms. The first-order chi connectivity index (χ1) is 25.6. The molecule has 4 saturated carbocycles. The van der Waals surface area contributed by atoms with Crippen molar-refractivity contribution in [1.29, 1.82) is 0 Å². The van der Waals surface area contributed by atoms with Gasteiger partial charge in [0.15, 0.2) is 12.6 Å². The second-order valence-electron chi connectivity index (χ2n) is 20.1. The van der Waals surface area contributed by atoms with Gasteiger partial charge in [0.2, 0.25) is 0 Å². The first-order valence-electron chi connectivity index (χ1n) is 20.9. The molecule has 20 atom stereocenters. The summed E-state index contributed by atoms with van der Waals surface area (Å²) in [5.41, 5.74) is -0.405. The minimum absolute atomic E-state index is 0.00798. The molecule has 13 nitrogen and oxygen atoms in total. The van der Waals surface area contributed by atoms with E-state index in [1.165, 1.54) is 5.57 Å². The van der Waals surface area contributed by atoms with Crippen molar-refractivity contribution in [1.82, 2.24) is 0 Å². The van der Waals surface area contributed by atoms with Crippen molar-refractivity contribution in [3.05, 3.63) is 11.6 Å².